The smallest absolute Gasteiger partial charge is 0.306 e. The van der Waals surface area contributed by atoms with Gasteiger partial charge in [-0.3, -0.25) is 14.2 Å². The molecule has 0 N–H and O–H groups in total. The third kappa shape index (κ3) is 56.1. The minimum absolute atomic E-state index is 0.0270. The molecular weight excluding hydrogens is 894 g/mol. The highest BCUT2D eigenvalue weighted by Crippen LogP contribution is 2.38. The Labute approximate surface area is 435 Å². The zero-order chi connectivity index (χ0) is 51.3. The standard InChI is InChI=1S/C60H118NO8P/c1-6-8-10-12-14-16-18-20-22-24-26-28-30-32-34-36-38-40-42-44-46-48-50-52-59(62)66-56-58(57-68-70(64,65)67-55-54-61(3,4)5)69-60(63)53-51-49-47-45-43-41-39-37-35-33-31-29-27-25-23-21-19-17-15-13-11-9-7-2/h25,27,58H,6-24,26,28-57H2,1-5H3/b27-25-. The van der Waals surface area contributed by atoms with Gasteiger partial charge in [0.05, 0.1) is 27.7 Å². The number of phosphoric acid groups is 1. The lowest BCUT2D eigenvalue weighted by Crippen LogP contribution is -2.37. The maximum Gasteiger partial charge on any atom is 0.306 e. The predicted octanol–water partition coefficient (Wildman–Crippen LogP) is 18.2. The number of unbranched alkanes of at least 4 members (excludes halogenated alkanes) is 41. The quantitative estimate of drug-likeness (QED) is 0.0195. The van der Waals surface area contributed by atoms with Gasteiger partial charge in [-0.1, -0.05) is 270 Å². The number of quaternary nitrogens is 1. The van der Waals surface area contributed by atoms with Crippen molar-refractivity contribution in [1.82, 2.24) is 0 Å². The van der Waals surface area contributed by atoms with Crippen LogP contribution in [0.3, 0.4) is 0 Å². The summed E-state index contributed by atoms with van der Waals surface area (Å²) in [5.74, 6) is -0.814. The summed E-state index contributed by atoms with van der Waals surface area (Å²) in [6.07, 6.45) is 61.2. The molecule has 0 saturated carbocycles. The van der Waals surface area contributed by atoms with E-state index in [-0.39, 0.29) is 32.0 Å². The summed E-state index contributed by atoms with van der Waals surface area (Å²) in [7, 11) is 1.19. The van der Waals surface area contributed by atoms with E-state index in [1.165, 1.54) is 238 Å². The third-order valence-electron chi connectivity index (χ3n) is 13.8. The van der Waals surface area contributed by atoms with Gasteiger partial charge in [0.25, 0.3) is 7.82 Å². The Balaban J connectivity index is 4.10. The minimum Gasteiger partial charge on any atom is -0.756 e. The van der Waals surface area contributed by atoms with Crippen molar-refractivity contribution in [2.45, 2.75) is 315 Å². The van der Waals surface area contributed by atoms with Crippen LogP contribution >= 0.6 is 7.82 Å². The normalized spacial score (nSPS) is 13.3. The zero-order valence-corrected chi connectivity index (χ0v) is 48.1. The Morgan fingerprint density at radius 3 is 1.06 bits per heavy atom. The molecule has 416 valence electrons. The first-order valence-corrected chi connectivity index (χ1v) is 31.9. The van der Waals surface area contributed by atoms with E-state index in [0.29, 0.717) is 17.4 Å². The zero-order valence-electron chi connectivity index (χ0n) is 47.2. The predicted molar refractivity (Wildman–Crippen MR) is 296 cm³/mol. The molecular formula is C60H118NO8P. The van der Waals surface area contributed by atoms with Crippen molar-refractivity contribution in [3.8, 4) is 0 Å². The molecule has 9 nitrogen and oxygen atoms in total. The van der Waals surface area contributed by atoms with Crippen LogP contribution in [0.5, 0.6) is 0 Å². The molecule has 0 rings (SSSR count). The molecule has 0 saturated heterocycles. The molecule has 2 atom stereocenters. The van der Waals surface area contributed by atoms with Gasteiger partial charge in [-0.25, -0.2) is 0 Å². The van der Waals surface area contributed by atoms with Gasteiger partial charge < -0.3 is 27.9 Å². The molecule has 0 aromatic heterocycles. The van der Waals surface area contributed by atoms with E-state index in [1.807, 2.05) is 21.1 Å². The molecule has 0 spiro atoms. The fraction of sp³-hybridized carbons (Fsp3) is 0.933. The van der Waals surface area contributed by atoms with E-state index >= 15 is 0 Å². The van der Waals surface area contributed by atoms with Crippen molar-refractivity contribution in [2.24, 2.45) is 0 Å². The van der Waals surface area contributed by atoms with Crippen LogP contribution in [-0.2, 0) is 32.7 Å². The lowest BCUT2D eigenvalue weighted by atomic mass is 10.0. The van der Waals surface area contributed by atoms with E-state index < -0.39 is 26.5 Å². The van der Waals surface area contributed by atoms with E-state index in [1.54, 1.807) is 0 Å². The lowest BCUT2D eigenvalue weighted by molar-refractivity contribution is -0.870. The Morgan fingerprint density at radius 1 is 0.429 bits per heavy atom. The Morgan fingerprint density at radius 2 is 0.729 bits per heavy atom. The largest absolute Gasteiger partial charge is 0.756 e. The van der Waals surface area contributed by atoms with Gasteiger partial charge in [-0.2, -0.15) is 0 Å². The Hall–Kier alpha value is -1.25. The topological polar surface area (TPSA) is 111 Å². The van der Waals surface area contributed by atoms with Crippen LogP contribution in [0.1, 0.15) is 309 Å². The van der Waals surface area contributed by atoms with Gasteiger partial charge in [-0.15, -0.1) is 0 Å². The molecule has 0 aliphatic heterocycles. The summed E-state index contributed by atoms with van der Waals surface area (Å²) in [6, 6.07) is 0. The second kappa shape index (κ2) is 52.6. The third-order valence-corrected chi connectivity index (χ3v) is 14.7. The Kier molecular flexibility index (Phi) is 51.7. The molecule has 0 aliphatic carbocycles. The molecule has 0 amide bonds. The summed E-state index contributed by atoms with van der Waals surface area (Å²) in [5.41, 5.74) is 0. The molecule has 0 fully saturated rings. The summed E-state index contributed by atoms with van der Waals surface area (Å²) in [5, 5.41) is 0. The molecule has 2 unspecified atom stereocenters. The fourth-order valence-electron chi connectivity index (χ4n) is 9.07. The molecule has 0 radical (unpaired) electrons. The molecule has 0 heterocycles. The number of hydrogen-bond donors (Lipinski definition) is 0. The van der Waals surface area contributed by atoms with Crippen LogP contribution in [-0.4, -0.2) is 70.0 Å². The highest BCUT2D eigenvalue weighted by Gasteiger charge is 2.22. The van der Waals surface area contributed by atoms with Crippen LogP contribution in [0.2, 0.25) is 0 Å². The number of hydrogen-bond acceptors (Lipinski definition) is 8. The SMILES string of the molecule is CCCCCCCCCC/C=C\CCCCCCCCCCCCCC(=O)OC(COC(=O)CCCCCCCCCCCCCCCCCCCCCCCCC)COP(=O)([O-])OCC[N+](C)(C)C. The first-order valence-electron chi connectivity index (χ1n) is 30.4. The highest BCUT2D eigenvalue weighted by atomic mass is 31.2. The van der Waals surface area contributed by atoms with Crippen LogP contribution in [0.4, 0.5) is 0 Å². The lowest BCUT2D eigenvalue weighted by Gasteiger charge is -2.28. The highest BCUT2D eigenvalue weighted by molar-refractivity contribution is 7.45. The van der Waals surface area contributed by atoms with E-state index in [9.17, 15) is 19.0 Å². The van der Waals surface area contributed by atoms with Crippen molar-refractivity contribution in [3.05, 3.63) is 12.2 Å². The summed E-state index contributed by atoms with van der Waals surface area (Å²) in [6.45, 7) is 4.31. The molecule has 0 aromatic carbocycles. The van der Waals surface area contributed by atoms with Gasteiger partial charge in [0.15, 0.2) is 6.10 Å². The van der Waals surface area contributed by atoms with Crippen LogP contribution in [0.25, 0.3) is 0 Å². The van der Waals surface area contributed by atoms with Crippen molar-refractivity contribution >= 4 is 19.8 Å². The van der Waals surface area contributed by atoms with E-state index in [4.69, 9.17) is 18.5 Å². The summed E-state index contributed by atoms with van der Waals surface area (Å²) < 4.78 is 34.2. The maximum atomic E-state index is 12.8. The van der Waals surface area contributed by atoms with Crippen molar-refractivity contribution < 1.29 is 42.1 Å². The number of carbonyl (C=O) groups is 2. The number of phosphoric ester groups is 1. The minimum atomic E-state index is -4.63. The number of rotatable bonds is 57. The number of ether oxygens (including phenoxy) is 2. The molecule has 0 aromatic rings. The Bertz CT molecular complexity index is 1190. The molecule has 10 heteroatoms. The number of allylic oxidation sites excluding steroid dienone is 2. The van der Waals surface area contributed by atoms with Crippen LogP contribution < -0.4 is 4.89 Å². The number of likely N-dealkylation sites (N-methyl/N-ethyl adjacent to an activating group) is 1. The first-order chi connectivity index (χ1) is 34.0. The fourth-order valence-corrected chi connectivity index (χ4v) is 9.80. The van der Waals surface area contributed by atoms with Crippen LogP contribution in [0.15, 0.2) is 12.2 Å². The summed E-state index contributed by atoms with van der Waals surface area (Å²) in [4.78, 5) is 37.9. The molecule has 0 bridgehead atoms. The van der Waals surface area contributed by atoms with E-state index in [0.717, 1.165) is 38.5 Å². The summed E-state index contributed by atoms with van der Waals surface area (Å²) >= 11 is 0. The second-order valence-corrected chi connectivity index (χ2v) is 23.5. The number of carbonyl (C=O) groups excluding carboxylic acids is 2. The average molecular weight is 1010 g/mol. The van der Waals surface area contributed by atoms with Gasteiger partial charge >= 0.3 is 11.9 Å². The molecule has 0 aliphatic rings. The average Bonchev–Trinajstić information content (AvgIpc) is 3.32. The van der Waals surface area contributed by atoms with Gasteiger partial charge in [0, 0.05) is 12.8 Å². The van der Waals surface area contributed by atoms with Gasteiger partial charge in [0.2, 0.25) is 0 Å². The van der Waals surface area contributed by atoms with Crippen LogP contribution in [0, 0.1) is 0 Å². The first kappa shape index (κ1) is 68.8. The van der Waals surface area contributed by atoms with Gasteiger partial charge in [0.1, 0.15) is 19.8 Å². The van der Waals surface area contributed by atoms with Crippen molar-refractivity contribution in [3.63, 3.8) is 0 Å². The molecule has 70 heavy (non-hydrogen) atoms. The second-order valence-electron chi connectivity index (χ2n) is 22.1. The number of nitrogens with zero attached hydrogens (tertiary/aromatic N) is 1. The maximum absolute atomic E-state index is 12.8. The van der Waals surface area contributed by atoms with Crippen molar-refractivity contribution in [1.29, 1.82) is 0 Å². The van der Waals surface area contributed by atoms with Gasteiger partial charge in [-0.05, 0) is 38.5 Å². The number of esters is 2. The monoisotopic (exact) mass is 1010 g/mol. The van der Waals surface area contributed by atoms with E-state index in [2.05, 4.69) is 26.0 Å². The van der Waals surface area contributed by atoms with Crippen molar-refractivity contribution in [2.75, 3.05) is 47.5 Å².